The molecule has 12 heteroatoms. The number of amides is 1. The predicted molar refractivity (Wildman–Crippen MR) is 132 cm³/mol. The van der Waals surface area contributed by atoms with E-state index in [1.54, 1.807) is 36.4 Å². The van der Waals surface area contributed by atoms with Gasteiger partial charge >= 0.3 is 0 Å². The number of sulfonamides is 2. The molecule has 0 unspecified atom stereocenters. The maximum absolute atomic E-state index is 14.4. The number of benzene rings is 3. The van der Waals surface area contributed by atoms with Gasteiger partial charge in [-0.25, -0.2) is 21.2 Å². The van der Waals surface area contributed by atoms with Crippen LogP contribution in [0.5, 0.6) is 0 Å². The van der Waals surface area contributed by atoms with E-state index >= 15 is 0 Å². The molecule has 0 saturated carbocycles. The van der Waals surface area contributed by atoms with E-state index in [0.717, 1.165) is 14.7 Å². The molecule has 1 aliphatic rings. The summed E-state index contributed by atoms with van der Waals surface area (Å²) < 4.78 is 70.0. The lowest BCUT2D eigenvalue weighted by Crippen LogP contribution is -2.60. The summed E-state index contributed by atoms with van der Waals surface area (Å²) in [4.78, 5) is 13.3. The van der Waals surface area contributed by atoms with Gasteiger partial charge in [-0.3, -0.25) is 4.79 Å². The van der Waals surface area contributed by atoms with E-state index in [4.69, 9.17) is 0 Å². The van der Waals surface area contributed by atoms with Gasteiger partial charge in [0.1, 0.15) is 11.9 Å². The summed E-state index contributed by atoms with van der Waals surface area (Å²) in [6.07, 6.45) is 0. The first-order chi connectivity index (χ1) is 16.6. The minimum Gasteiger partial charge on any atom is -0.322 e. The van der Waals surface area contributed by atoms with E-state index < -0.39 is 44.4 Å². The molecule has 0 bridgehead atoms. The number of carbonyl (C=O) groups is 1. The third kappa shape index (κ3) is 5.31. The van der Waals surface area contributed by atoms with Gasteiger partial charge in [-0.1, -0.05) is 52.3 Å². The number of piperazine rings is 1. The van der Waals surface area contributed by atoms with Crippen molar-refractivity contribution in [3.05, 3.63) is 89.2 Å². The van der Waals surface area contributed by atoms with Gasteiger partial charge in [0.2, 0.25) is 26.0 Å². The molecular weight excluding hydrogens is 561 g/mol. The van der Waals surface area contributed by atoms with E-state index in [9.17, 15) is 26.0 Å². The van der Waals surface area contributed by atoms with Gasteiger partial charge in [0.05, 0.1) is 15.5 Å². The first-order valence-corrected chi connectivity index (χ1v) is 14.2. The van der Waals surface area contributed by atoms with Crippen molar-refractivity contribution in [1.82, 2.24) is 8.61 Å². The van der Waals surface area contributed by atoms with Crippen LogP contribution >= 0.6 is 15.9 Å². The molecule has 1 atom stereocenters. The smallest absolute Gasteiger partial charge is 0.244 e. The molecule has 35 heavy (non-hydrogen) atoms. The van der Waals surface area contributed by atoms with Crippen LogP contribution in [0.1, 0.15) is 0 Å². The number of carbonyl (C=O) groups excluding carboxylic acids is 1. The zero-order chi connectivity index (χ0) is 25.2. The predicted octanol–water partition coefficient (Wildman–Crippen LogP) is 3.29. The molecule has 184 valence electrons. The van der Waals surface area contributed by atoms with Gasteiger partial charge in [0, 0.05) is 24.1 Å². The molecule has 3 aromatic carbocycles. The summed E-state index contributed by atoms with van der Waals surface area (Å²) >= 11 is 3.14. The third-order valence-electron chi connectivity index (χ3n) is 5.52. The molecule has 3 aromatic rings. The van der Waals surface area contributed by atoms with E-state index in [2.05, 4.69) is 21.2 Å². The van der Waals surface area contributed by atoms with Crippen LogP contribution in [-0.4, -0.2) is 57.0 Å². The van der Waals surface area contributed by atoms with Gasteiger partial charge in [-0.05, 0) is 42.5 Å². The van der Waals surface area contributed by atoms with Gasteiger partial charge in [-0.2, -0.15) is 8.61 Å². The molecule has 1 amide bonds. The number of rotatable bonds is 6. The van der Waals surface area contributed by atoms with Crippen molar-refractivity contribution in [2.24, 2.45) is 0 Å². The molecule has 0 aliphatic carbocycles. The quantitative estimate of drug-likeness (QED) is 0.481. The van der Waals surface area contributed by atoms with E-state index in [1.807, 2.05) is 0 Å². The average molecular weight is 582 g/mol. The normalized spacial score (nSPS) is 17.7. The Kier molecular flexibility index (Phi) is 7.38. The second kappa shape index (κ2) is 10.2. The Hall–Kier alpha value is -2.64. The Morgan fingerprint density at radius 1 is 0.857 bits per heavy atom. The molecule has 1 aliphatic heterocycles. The Bertz CT molecular complexity index is 1440. The number of nitrogens with one attached hydrogen (secondary N) is 1. The lowest BCUT2D eigenvalue weighted by molar-refractivity contribution is -0.120. The average Bonchev–Trinajstić information content (AvgIpc) is 2.86. The Morgan fingerprint density at radius 3 is 2.00 bits per heavy atom. The number of hydrogen-bond acceptors (Lipinski definition) is 5. The second-order valence-corrected chi connectivity index (χ2v) is 12.5. The van der Waals surface area contributed by atoms with Crippen LogP contribution in [0.2, 0.25) is 0 Å². The highest BCUT2D eigenvalue weighted by Crippen LogP contribution is 2.27. The van der Waals surface area contributed by atoms with Gasteiger partial charge in [-0.15, -0.1) is 0 Å². The zero-order valence-corrected chi connectivity index (χ0v) is 21.4. The number of nitrogens with zero attached hydrogens (tertiary/aromatic N) is 2. The van der Waals surface area contributed by atoms with Crippen molar-refractivity contribution in [3.63, 3.8) is 0 Å². The zero-order valence-electron chi connectivity index (χ0n) is 18.2. The monoisotopic (exact) mass is 581 g/mol. The van der Waals surface area contributed by atoms with E-state index in [-0.39, 0.29) is 28.6 Å². The SMILES string of the molecule is O=C(Nc1ccc(Br)cc1F)[C@@H]1CN(S(=O)(=O)c2ccccc2)CCN1S(=O)(=O)c1ccccc1. The van der Waals surface area contributed by atoms with E-state index in [0.29, 0.717) is 4.47 Å². The van der Waals surface area contributed by atoms with Crippen molar-refractivity contribution in [1.29, 1.82) is 0 Å². The standard InChI is InChI=1S/C23H21BrFN3O5S2/c24-17-11-12-21(20(25)15-17)26-23(29)22-16-27(34(30,31)18-7-3-1-4-8-18)13-14-28(22)35(32,33)19-9-5-2-6-10-19/h1-12,15,22H,13-14,16H2,(H,26,29)/t22-/m0/s1. The minimum absolute atomic E-state index is 0.0254. The highest BCUT2D eigenvalue weighted by Gasteiger charge is 2.43. The lowest BCUT2D eigenvalue weighted by atomic mass is 10.2. The first kappa shape index (κ1) is 25.5. The molecule has 1 saturated heterocycles. The lowest BCUT2D eigenvalue weighted by Gasteiger charge is -2.38. The number of halogens is 2. The van der Waals surface area contributed by atoms with Gasteiger partial charge in [0.15, 0.2) is 0 Å². The topological polar surface area (TPSA) is 104 Å². The molecular formula is C23H21BrFN3O5S2. The third-order valence-corrected chi connectivity index (χ3v) is 9.81. The number of hydrogen-bond donors (Lipinski definition) is 1. The van der Waals surface area contributed by atoms with Crippen LogP contribution in [0.15, 0.2) is 93.1 Å². The number of anilines is 1. The second-order valence-electron chi connectivity index (χ2n) is 7.73. The van der Waals surface area contributed by atoms with Crippen molar-refractivity contribution in [2.75, 3.05) is 25.0 Å². The molecule has 1 fully saturated rings. The van der Waals surface area contributed by atoms with Gasteiger partial charge < -0.3 is 5.32 Å². The van der Waals surface area contributed by atoms with Gasteiger partial charge in [0.25, 0.3) is 0 Å². The fourth-order valence-electron chi connectivity index (χ4n) is 3.74. The molecule has 1 heterocycles. The van der Waals surface area contributed by atoms with Crippen molar-refractivity contribution < 1.29 is 26.0 Å². The summed E-state index contributed by atoms with van der Waals surface area (Å²) in [6, 6.07) is 17.8. The van der Waals surface area contributed by atoms with Crippen LogP contribution in [0.3, 0.4) is 0 Å². The molecule has 0 aromatic heterocycles. The summed E-state index contributed by atoms with van der Waals surface area (Å²) in [5.74, 6) is -1.58. The van der Waals surface area contributed by atoms with Crippen molar-refractivity contribution >= 4 is 47.6 Å². The maximum atomic E-state index is 14.4. The molecule has 0 radical (unpaired) electrons. The fourth-order valence-corrected chi connectivity index (χ4v) is 7.12. The molecule has 0 spiro atoms. The summed E-state index contributed by atoms with van der Waals surface area (Å²) in [6.45, 7) is -0.850. The Balaban J connectivity index is 1.70. The highest BCUT2D eigenvalue weighted by atomic mass is 79.9. The first-order valence-electron chi connectivity index (χ1n) is 10.5. The summed E-state index contributed by atoms with van der Waals surface area (Å²) in [5.41, 5.74) is -0.154. The van der Waals surface area contributed by atoms with Crippen LogP contribution < -0.4 is 5.32 Å². The minimum atomic E-state index is -4.15. The molecule has 1 N–H and O–H groups in total. The van der Waals surface area contributed by atoms with Crippen LogP contribution in [0.25, 0.3) is 0 Å². The van der Waals surface area contributed by atoms with Crippen LogP contribution in [0, 0.1) is 5.82 Å². The maximum Gasteiger partial charge on any atom is 0.244 e. The van der Waals surface area contributed by atoms with Crippen molar-refractivity contribution in [2.45, 2.75) is 15.8 Å². The molecule has 4 rings (SSSR count). The Morgan fingerprint density at radius 2 is 1.43 bits per heavy atom. The van der Waals surface area contributed by atoms with E-state index in [1.165, 1.54) is 36.4 Å². The summed E-state index contributed by atoms with van der Waals surface area (Å²) in [7, 11) is -8.15. The largest absolute Gasteiger partial charge is 0.322 e. The molecule has 8 nitrogen and oxygen atoms in total. The fraction of sp³-hybridized carbons (Fsp3) is 0.174. The van der Waals surface area contributed by atoms with Crippen molar-refractivity contribution in [3.8, 4) is 0 Å². The Labute approximate surface area is 211 Å². The summed E-state index contributed by atoms with van der Waals surface area (Å²) in [5, 5.41) is 2.41. The highest BCUT2D eigenvalue weighted by molar-refractivity contribution is 9.10. The van der Waals surface area contributed by atoms with Crippen LogP contribution in [0.4, 0.5) is 10.1 Å². The van der Waals surface area contributed by atoms with Crippen LogP contribution in [-0.2, 0) is 24.8 Å².